The molecular formula is C13H22O4. The van der Waals surface area contributed by atoms with Crippen LogP contribution in [0, 0.1) is 0 Å². The zero-order valence-electron chi connectivity index (χ0n) is 10.7. The van der Waals surface area contributed by atoms with Gasteiger partial charge < -0.3 is 15.3 Å². The van der Waals surface area contributed by atoms with Crippen LogP contribution in [0.1, 0.15) is 40.0 Å². The van der Waals surface area contributed by atoms with Crippen molar-refractivity contribution in [3.8, 4) is 0 Å². The summed E-state index contributed by atoms with van der Waals surface area (Å²) < 4.78 is 0. The molecule has 0 spiro atoms. The molecule has 0 heterocycles. The summed E-state index contributed by atoms with van der Waals surface area (Å²) in [6, 6.07) is 0. The van der Waals surface area contributed by atoms with Crippen LogP contribution < -0.4 is 0 Å². The number of rotatable bonds is 7. The molecule has 0 radical (unpaired) electrons. The Morgan fingerprint density at radius 2 is 1.82 bits per heavy atom. The van der Waals surface area contributed by atoms with Crippen molar-refractivity contribution in [3.63, 3.8) is 0 Å². The molecule has 1 atom stereocenters. The number of hydrogen-bond acceptors (Lipinski definition) is 3. The van der Waals surface area contributed by atoms with Crippen molar-refractivity contribution < 1.29 is 20.1 Å². The lowest BCUT2D eigenvalue weighted by Gasteiger charge is -2.18. The molecule has 3 N–H and O–H groups in total. The number of aliphatic hydroxyl groups excluding tert-OH is 1. The van der Waals surface area contributed by atoms with Crippen LogP contribution >= 0.6 is 0 Å². The lowest BCUT2D eigenvalue weighted by Crippen LogP contribution is -2.41. The maximum absolute atomic E-state index is 10.7. The second-order valence-electron chi connectivity index (χ2n) is 4.57. The van der Waals surface area contributed by atoms with Crippen molar-refractivity contribution in [2.24, 2.45) is 0 Å². The van der Waals surface area contributed by atoms with Gasteiger partial charge in [-0.1, -0.05) is 23.3 Å². The summed E-state index contributed by atoms with van der Waals surface area (Å²) in [5.74, 6) is -1.40. The smallest absolute Gasteiger partial charge is 0.338 e. The third-order valence-corrected chi connectivity index (χ3v) is 2.54. The van der Waals surface area contributed by atoms with Crippen molar-refractivity contribution in [2.75, 3.05) is 6.61 Å². The fraction of sp³-hybridized carbons (Fsp3) is 0.615. The fourth-order valence-corrected chi connectivity index (χ4v) is 1.25. The molecular weight excluding hydrogens is 220 g/mol. The standard InChI is InChI=1S/C13H22O4/c1-10(2)5-4-6-11(3)7-8-13(17,9-14)12(15)16/h5,7,14,17H,4,6,8-9H2,1-3H3,(H,15,16)/b11-7+. The number of aliphatic hydroxyl groups is 2. The van der Waals surface area contributed by atoms with Crippen LogP contribution in [0.25, 0.3) is 0 Å². The lowest BCUT2D eigenvalue weighted by atomic mass is 9.98. The van der Waals surface area contributed by atoms with E-state index in [1.54, 1.807) is 6.08 Å². The van der Waals surface area contributed by atoms with Crippen LogP contribution in [-0.4, -0.2) is 33.5 Å². The Hall–Kier alpha value is -1.13. The van der Waals surface area contributed by atoms with E-state index < -0.39 is 18.2 Å². The first-order valence-corrected chi connectivity index (χ1v) is 5.67. The van der Waals surface area contributed by atoms with Crippen LogP contribution in [0.2, 0.25) is 0 Å². The highest BCUT2D eigenvalue weighted by molar-refractivity contribution is 5.77. The Morgan fingerprint density at radius 1 is 1.24 bits per heavy atom. The second kappa shape index (κ2) is 7.25. The number of aliphatic carboxylic acids is 1. The first-order chi connectivity index (χ1) is 7.81. The predicted octanol–water partition coefficient (Wildman–Crippen LogP) is 1.88. The van der Waals surface area contributed by atoms with Crippen LogP contribution in [0.4, 0.5) is 0 Å². The summed E-state index contributed by atoms with van der Waals surface area (Å²) in [4.78, 5) is 10.7. The molecule has 0 saturated carbocycles. The molecule has 0 fully saturated rings. The number of carboxylic acids is 1. The molecule has 0 saturated heterocycles. The quantitative estimate of drug-likeness (QED) is 0.596. The van der Waals surface area contributed by atoms with Crippen LogP contribution in [0.15, 0.2) is 23.3 Å². The monoisotopic (exact) mass is 242 g/mol. The summed E-state index contributed by atoms with van der Waals surface area (Å²) in [5.41, 5.74) is 0.198. The van der Waals surface area contributed by atoms with Crippen molar-refractivity contribution in [3.05, 3.63) is 23.3 Å². The van der Waals surface area contributed by atoms with Gasteiger partial charge in [0.25, 0.3) is 0 Å². The van der Waals surface area contributed by atoms with Crippen LogP contribution in [0.3, 0.4) is 0 Å². The van der Waals surface area contributed by atoms with E-state index in [0.29, 0.717) is 0 Å². The second-order valence-corrected chi connectivity index (χ2v) is 4.57. The third-order valence-electron chi connectivity index (χ3n) is 2.54. The zero-order chi connectivity index (χ0) is 13.5. The van der Waals surface area contributed by atoms with Crippen molar-refractivity contribution in [2.45, 2.75) is 45.6 Å². The molecule has 4 heteroatoms. The molecule has 0 aromatic rings. The summed E-state index contributed by atoms with van der Waals surface area (Å²) in [6.45, 7) is 5.15. The number of hydrogen-bond donors (Lipinski definition) is 3. The van der Waals surface area contributed by atoms with Gasteiger partial charge in [0.1, 0.15) is 0 Å². The largest absolute Gasteiger partial charge is 0.479 e. The number of carbonyl (C=O) groups is 1. The molecule has 0 aromatic heterocycles. The van der Waals surface area contributed by atoms with E-state index in [-0.39, 0.29) is 6.42 Å². The van der Waals surface area contributed by atoms with Gasteiger partial charge in [0, 0.05) is 6.42 Å². The molecule has 0 aliphatic rings. The molecule has 17 heavy (non-hydrogen) atoms. The first kappa shape index (κ1) is 15.9. The highest BCUT2D eigenvalue weighted by atomic mass is 16.4. The summed E-state index contributed by atoms with van der Waals surface area (Å²) in [5, 5.41) is 27.1. The molecule has 0 aliphatic heterocycles. The van der Waals surface area contributed by atoms with Crippen LogP contribution in [0.5, 0.6) is 0 Å². The molecule has 4 nitrogen and oxygen atoms in total. The van der Waals surface area contributed by atoms with Crippen LogP contribution in [-0.2, 0) is 4.79 Å². The Kier molecular flexibility index (Phi) is 6.76. The molecule has 1 unspecified atom stereocenters. The van der Waals surface area contributed by atoms with E-state index in [9.17, 15) is 9.90 Å². The topological polar surface area (TPSA) is 77.8 Å². The van der Waals surface area contributed by atoms with E-state index in [2.05, 4.69) is 6.08 Å². The molecule has 0 aromatic carbocycles. The van der Waals surface area contributed by atoms with Gasteiger partial charge in [-0.25, -0.2) is 4.79 Å². The minimum atomic E-state index is -2.06. The van der Waals surface area contributed by atoms with Gasteiger partial charge in [0.05, 0.1) is 6.61 Å². The normalized spacial score (nSPS) is 15.2. The number of carboxylic acid groups (broad SMARTS) is 1. The van der Waals surface area contributed by atoms with Crippen molar-refractivity contribution in [1.82, 2.24) is 0 Å². The fourth-order valence-electron chi connectivity index (χ4n) is 1.25. The Morgan fingerprint density at radius 3 is 2.24 bits per heavy atom. The minimum absolute atomic E-state index is 0.0700. The van der Waals surface area contributed by atoms with E-state index in [0.717, 1.165) is 18.4 Å². The Balaban J connectivity index is 4.31. The lowest BCUT2D eigenvalue weighted by molar-refractivity contribution is -0.162. The summed E-state index contributed by atoms with van der Waals surface area (Å²) in [7, 11) is 0. The molecule has 0 bridgehead atoms. The van der Waals surface area contributed by atoms with Crippen molar-refractivity contribution in [1.29, 1.82) is 0 Å². The zero-order valence-corrected chi connectivity index (χ0v) is 10.7. The Bertz CT molecular complexity index is 313. The first-order valence-electron chi connectivity index (χ1n) is 5.67. The summed E-state index contributed by atoms with van der Waals surface area (Å²) in [6.07, 6.45) is 5.43. The third kappa shape index (κ3) is 6.24. The maximum atomic E-state index is 10.7. The van der Waals surface area contributed by atoms with E-state index >= 15 is 0 Å². The molecule has 0 aliphatic carbocycles. The van der Waals surface area contributed by atoms with Gasteiger partial charge >= 0.3 is 5.97 Å². The highest BCUT2D eigenvalue weighted by Gasteiger charge is 2.33. The molecule has 98 valence electrons. The van der Waals surface area contributed by atoms with Gasteiger partial charge in [0.15, 0.2) is 5.60 Å². The average Bonchev–Trinajstić information content (AvgIpc) is 2.25. The highest BCUT2D eigenvalue weighted by Crippen LogP contribution is 2.15. The van der Waals surface area contributed by atoms with Gasteiger partial charge in [0.2, 0.25) is 0 Å². The van der Waals surface area contributed by atoms with E-state index in [4.69, 9.17) is 10.2 Å². The van der Waals surface area contributed by atoms with Gasteiger partial charge in [-0.05, 0) is 33.6 Å². The summed E-state index contributed by atoms with van der Waals surface area (Å²) >= 11 is 0. The van der Waals surface area contributed by atoms with Gasteiger partial charge in [-0.3, -0.25) is 0 Å². The Labute approximate surface area is 102 Å². The maximum Gasteiger partial charge on any atom is 0.338 e. The van der Waals surface area contributed by atoms with Gasteiger partial charge in [-0.15, -0.1) is 0 Å². The SMILES string of the molecule is CC(C)=CCC/C(C)=C/CC(O)(CO)C(=O)O. The minimum Gasteiger partial charge on any atom is -0.479 e. The number of allylic oxidation sites excluding steroid dienone is 3. The van der Waals surface area contributed by atoms with Crippen molar-refractivity contribution >= 4 is 5.97 Å². The predicted molar refractivity (Wildman–Crippen MR) is 66.7 cm³/mol. The van der Waals surface area contributed by atoms with E-state index in [1.165, 1.54) is 5.57 Å². The van der Waals surface area contributed by atoms with E-state index in [1.807, 2.05) is 20.8 Å². The van der Waals surface area contributed by atoms with Gasteiger partial charge in [-0.2, -0.15) is 0 Å². The average molecular weight is 242 g/mol. The molecule has 0 amide bonds. The molecule has 0 rings (SSSR count).